The van der Waals surface area contributed by atoms with Crippen LogP contribution in [0.15, 0.2) is 60.8 Å². The van der Waals surface area contributed by atoms with Crippen LogP contribution in [0.3, 0.4) is 0 Å². The molecule has 0 fully saturated rings. The molecule has 0 bridgehead atoms. The number of hydrogen-bond acceptors (Lipinski definition) is 5. The van der Waals surface area contributed by atoms with Crippen molar-refractivity contribution in [2.45, 2.75) is 6.54 Å². The van der Waals surface area contributed by atoms with Crippen LogP contribution in [0.4, 0.5) is 5.95 Å². The van der Waals surface area contributed by atoms with Crippen LogP contribution in [0.2, 0.25) is 0 Å². The van der Waals surface area contributed by atoms with Gasteiger partial charge in [0.1, 0.15) is 5.75 Å². The molecule has 0 aliphatic rings. The molecule has 3 rings (SSSR count). The second kappa shape index (κ2) is 9.77. The Hall–Kier alpha value is -3.81. The molecule has 0 radical (unpaired) electrons. The van der Waals surface area contributed by atoms with Gasteiger partial charge in [-0.3, -0.25) is 0 Å². The zero-order valence-corrected chi connectivity index (χ0v) is 15.5. The maximum atomic E-state index is 9.10. The molecular weight excluding hydrogens is 362 g/mol. The number of aromatic nitrogens is 2. The van der Waals surface area contributed by atoms with Gasteiger partial charge in [0.2, 0.25) is 5.95 Å². The standard InChI is InChI=1S/C18H19N3O.C2H2O4/c1-21-16(14-8-4-3-5-9-14)13-20-18(21)19-12-15-10-6-7-11-17(15)22-2;3-1(4)2(5)6/h3-11,13H,12H2,1-2H3,(H,19,20);(H,3,4)(H,5,6). The number of ether oxygens (including phenoxy) is 1. The molecule has 1 aromatic heterocycles. The summed E-state index contributed by atoms with van der Waals surface area (Å²) >= 11 is 0. The quantitative estimate of drug-likeness (QED) is 0.581. The van der Waals surface area contributed by atoms with Crippen molar-refractivity contribution in [2.75, 3.05) is 12.4 Å². The molecule has 1 heterocycles. The van der Waals surface area contributed by atoms with E-state index in [2.05, 4.69) is 27.0 Å². The molecule has 0 saturated heterocycles. The molecule has 8 nitrogen and oxygen atoms in total. The van der Waals surface area contributed by atoms with Crippen LogP contribution in [0.1, 0.15) is 5.56 Å². The van der Waals surface area contributed by atoms with Crippen LogP contribution in [-0.4, -0.2) is 38.8 Å². The minimum atomic E-state index is -1.82. The molecule has 8 heteroatoms. The van der Waals surface area contributed by atoms with Gasteiger partial charge in [-0.15, -0.1) is 0 Å². The summed E-state index contributed by atoms with van der Waals surface area (Å²) in [5.74, 6) is -1.93. The van der Waals surface area contributed by atoms with Crippen molar-refractivity contribution in [1.29, 1.82) is 0 Å². The Bertz CT molecular complexity index is 926. The molecular formula is C20H21N3O5. The number of carboxylic acids is 2. The van der Waals surface area contributed by atoms with Gasteiger partial charge in [0.25, 0.3) is 0 Å². The Balaban J connectivity index is 0.000000409. The second-order valence-electron chi connectivity index (χ2n) is 5.67. The fourth-order valence-corrected chi connectivity index (χ4v) is 2.47. The molecule has 3 aromatic rings. The maximum absolute atomic E-state index is 9.10. The van der Waals surface area contributed by atoms with Crippen LogP contribution in [-0.2, 0) is 23.2 Å². The molecule has 0 spiro atoms. The van der Waals surface area contributed by atoms with Crippen molar-refractivity contribution in [1.82, 2.24) is 9.55 Å². The lowest BCUT2D eigenvalue weighted by Gasteiger charge is -2.11. The number of methoxy groups -OCH3 is 1. The van der Waals surface area contributed by atoms with Gasteiger partial charge in [0, 0.05) is 19.2 Å². The van der Waals surface area contributed by atoms with Crippen LogP contribution in [0, 0.1) is 0 Å². The Morgan fingerprint density at radius 3 is 2.25 bits per heavy atom. The third kappa shape index (κ3) is 5.34. The summed E-state index contributed by atoms with van der Waals surface area (Å²) in [7, 11) is 3.70. The average Bonchev–Trinajstić information content (AvgIpc) is 3.08. The van der Waals surface area contributed by atoms with E-state index >= 15 is 0 Å². The summed E-state index contributed by atoms with van der Waals surface area (Å²) in [5, 5.41) is 18.1. The number of benzene rings is 2. The maximum Gasteiger partial charge on any atom is 0.414 e. The zero-order chi connectivity index (χ0) is 20.5. The largest absolute Gasteiger partial charge is 0.496 e. The van der Waals surface area contributed by atoms with E-state index < -0.39 is 11.9 Å². The fraction of sp³-hybridized carbons (Fsp3) is 0.150. The number of rotatable bonds is 5. The normalized spacial score (nSPS) is 9.79. The van der Waals surface area contributed by atoms with Gasteiger partial charge in [-0.1, -0.05) is 48.5 Å². The van der Waals surface area contributed by atoms with Gasteiger partial charge in [0.05, 0.1) is 19.0 Å². The number of aliphatic carboxylic acids is 2. The highest BCUT2D eigenvalue weighted by Crippen LogP contribution is 2.23. The van der Waals surface area contributed by atoms with E-state index in [4.69, 9.17) is 24.5 Å². The predicted octanol–water partition coefficient (Wildman–Crippen LogP) is 2.86. The highest BCUT2D eigenvalue weighted by Gasteiger charge is 2.09. The number of carbonyl (C=O) groups is 2. The lowest BCUT2D eigenvalue weighted by atomic mass is 10.2. The van der Waals surface area contributed by atoms with E-state index in [9.17, 15) is 0 Å². The molecule has 3 N–H and O–H groups in total. The summed E-state index contributed by atoms with van der Waals surface area (Å²) in [6, 6.07) is 18.2. The smallest absolute Gasteiger partial charge is 0.414 e. The minimum absolute atomic E-state index is 0.670. The van der Waals surface area contributed by atoms with E-state index in [1.807, 2.05) is 55.7 Å². The van der Waals surface area contributed by atoms with Crippen molar-refractivity contribution in [3.05, 3.63) is 66.4 Å². The Kier molecular flexibility index (Phi) is 7.15. The molecule has 0 unspecified atom stereocenters. The predicted molar refractivity (Wildman–Crippen MR) is 104 cm³/mol. The highest BCUT2D eigenvalue weighted by molar-refractivity contribution is 6.27. The Morgan fingerprint density at radius 2 is 1.64 bits per heavy atom. The molecule has 146 valence electrons. The van der Waals surface area contributed by atoms with E-state index in [0.29, 0.717) is 6.54 Å². The molecule has 0 amide bonds. The highest BCUT2D eigenvalue weighted by atomic mass is 16.5. The number of imidazole rings is 1. The van der Waals surface area contributed by atoms with Gasteiger partial charge in [0.15, 0.2) is 0 Å². The van der Waals surface area contributed by atoms with Crippen molar-refractivity contribution >= 4 is 17.9 Å². The van der Waals surface area contributed by atoms with E-state index in [-0.39, 0.29) is 0 Å². The second-order valence-corrected chi connectivity index (χ2v) is 5.67. The summed E-state index contributed by atoms with van der Waals surface area (Å²) in [5.41, 5.74) is 3.35. The molecule has 0 saturated carbocycles. The van der Waals surface area contributed by atoms with Gasteiger partial charge < -0.3 is 24.8 Å². The minimum Gasteiger partial charge on any atom is -0.496 e. The van der Waals surface area contributed by atoms with E-state index in [1.165, 1.54) is 0 Å². The fourth-order valence-electron chi connectivity index (χ4n) is 2.47. The number of nitrogens with zero attached hydrogens (tertiary/aromatic N) is 2. The number of carboxylic acid groups (broad SMARTS) is 2. The molecule has 0 aliphatic carbocycles. The van der Waals surface area contributed by atoms with Crippen molar-refractivity contribution in [3.8, 4) is 17.0 Å². The lowest BCUT2D eigenvalue weighted by molar-refractivity contribution is -0.159. The van der Waals surface area contributed by atoms with Crippen LogP contribution in [0.5, 0.6) is 5.75 Å². The molecule has 2 aromatic carbocycles. The van der Waals surface area contributed by atoms with E-state index in [0.717, 1.165) is 28.5 Å². The molecule has 0 aliphatic heterocycles. The van der Waals surface area contributed by atoms with Gasteiger partial charge in [-0.25, -0.2) is 14.6 Å². The SMILES string of the molecule is COc1ccccc1CNc1ncc(-c2ccccc2)n1C.O=C(O)C(=O)O. The first-order chi connectivity index (χ1) is 13.4. The average molecular weight is 383 g/mol. The lowest BCUT2D eigenvalue weighted by Crippen LogP contribution is -2.09. The monoisotopic (exact) mass is 383 g/mol. The van der Waals surface area contributed by atoms with E-state index in [1.54, 1.807) is 7.11 Å². The van der Waals surface area contributed by atoms with Crippen LogP contribution < -0.4 is 10.1 Å². The third-order valence-electron chi connectivity index (χ3n) is 3.87. The number of nitrogens with one attached hydrogen (secondary N) is 1. The first-order valence-corrected chi connectivity index (χ1v) is 8.33. The summed E-state index contributed by atoms with van der Waals surface area (Å²) in [6.45, 7) is 0.670. The first kappa shape index (κ1) is 20.5. The Labute approximate surface area is 162 Å². The molecule has 28 heavy (non-hydrogen) atoms. The van der Waals surface area contributed by atoms with Crippen molar-refractivity contribution < 1.29 is 24.5 Å². The topological polar surface area (TPSA) is 114 Å². The van der Waals surface area contributed by atoms with Gasteiger partial charge in [-0.05, 0) is 11.6 Å². The van der Waals surface area contributed by atoms with Crippen molar-refractivity contribution in [3.63, 3.8) is 0 Å². The zero-order valence-electron chi connectivity index (χ0n) is 15.5. The third-order valence-corrected chi connectivity index (χ3v) is 3.87. The number of para-hydroxylation sites is 1. The summed E-state index contributed by atoms with van der Waals surface area (Å²) in [6.07, 6.45) is 1.89. The van der Waals surface area contributed by atoms with Crippen LogP contribution in [0.25, 0.3) is 11.3 Å². The molecule has 0 atom stereocenters. The van der Waals surface area contributed by atoms with Crippen molar-refractivity contribution in [2.24, 2.45) is 7.05 Å². The van der Waals surface area contributed by atoms with Gasteiger partial charge in [-0.2, -0.15) is 0 Å². The number of hydrogen-bond donors (Lipinski definition) is 3. The summed E-state index contributed by atoms with van der Waals surface area (Å²) in [4.78, 5) is 22.7. The van der Waals surface area contributed by atoms with Crippen LogP contribution >= 0.6 is 0 Å². The summed E-state index contributed by atoms with van der Waals surface area (Å²) < 4.78 is 7.43. The first-order valence-electron chi connectivity index (χ1n) is 8.33. The number of anilines is 1. The van der Waals surface area contributed by atoms with Gasteiger partial charge >= 0.3 is 11.9 Å². The Morgan fingerprint density at radius 1 is 1.04 bits per heavy atom.